The Morgan fingerprint density at radius 3 is 2.78 bits per heavy atom. The normalized spacial score (nSPS) is 26.8. The minimum absolute atomic E-state index is 0.0157. The van der Waals surface area contributed by atoms with Crippen molar-refractivity contribution in [3.8, 4) is 5.75 Å². The van der Waals surface area contributed by atoms with Gasteiger partial charge in [0, 0.05) is 12.1 Å². The molecular weight excluding hydrogens is 294 g/mol. The first kappa shape index (κ1) is 15.8. The van der Waals surface area contributed by atoms with Gasteiger partial charge in [0.25, 0.3) is 5.91 Å². The van der Waals surface area contributed by atoms with Gasteiger partial charge in [-0.2, -0.15) is 0 Å². The molecule has 1 heterocycles. The number of piperazine rings is 1. The average molecular weight is 318 g/mol. The Hall–Kier alpha value is -2.08. The van der Waals surface area contributed by atoms with E-state index in [-0.39, 0.29) is 30.3 Å². The Balaban J connectivity index is 1.55. The first-order chi connectivity index (χ1) is 11.2. The molecule has 3 rings (SSSR count). The van der Waals surface area contributed by atoms with Crippen LogP contribution in [0, 0.1) is 0 Å². The summed E-state index contributed by atoms with van der Waals surface area (Å²) in [5.74, 6) is 0.588. The molecule has 0 spiro atoms. The second-order valence-corrected chi connectivity index (χ2v) is 6.34. The summed E-state index contributed by atoms with van der Waals surface area (Å²) < 4.78 is 5.09. The van der Waals surface area contributed by atoms with E-state index in [4.69, 9.17) is 4.74 Å². The predicted molar refractivity (Wildman–Crippen MR) is 86.1 cm³/mol. The van der Waals surface area contributed by atoms with Crippen LogP contribution >= 0.6 is 0 Å². The van der Waals surface area contributed by atoms with Crippen molar-refractivity contribution in [2.24, 2.45) is 0 Å². The summed E-state index contributed by atoms with van der Waals surface area (Å²) in [6.07, 6.45) is 4.75. The van der Waals surface area contributed by atoms with Crippen molar-refractivity contribution in [3.05, 3.63) is 24.3 Å². The van der Waals surface area contributed by atoms with Crippen molar-refractivity contribution in [1.82, 2.24) is 5.32 Å². The van der Waals surface area contributed by atoms with Crippen molar-refractivity contribution in [3.63, 3.8) is 0 Å². The molecule has 2 amide bonds. The molecule has 1 aliphatic heterocycles. The molecule has 1 aliphatic carbocycles. The minimum atomic E-state index is -0.326. The Kier molecular flexibility index (Phi) is 4.81. The van der Waals surface area contributed by atoms with E-state index in [1.807, 2.05) is 0 Å². The van der Waals surface area contributed by atoms with Gasteiger partial charge in [0.1, 0.15) is 11.8 Å². The SMILES string of the molecule is COc1ccc(NC(=O)C[C@@H]2[NH2+][C@@H]3CCCC[C@@H]3NC2=O)cc1. The number of methoxy groups -OCH3 is 1. The van der Waals surface area contributed by atoms with Gasteiger partial charge in [-0.3, -0.25) is 9.59 Å². The third-order valence-corrected chi connectivity index (χ3v) is 4.74. The van der Waals surface area contributed by atoms with Gasteiger partial charge < -0.3 is 20.7 Å². The number of carbonyl (C=O) groups is 2. The lowest BCUT2D eigenvalue weighted by atomic mass is 9.87. The zero-order valence-corrected chi connectivity index (χ0v) is 13.4. The summed E-state index contributed by atoms with van der Waals surface area (Å²) in [4.78, 5) is 24.4. The molecule has 2 aliphatic rings. The summed E-state index contributed by atoms with van der Waals surface area (Å²) in [6.45, 7) is 0. The van der Waals surface area contributed by atoms with Gasteiger partial charge in [0.2, 0.25) is 5.91 Å². The number of carbonyl (C=O) groups excluding carboxylic acids is 2. The third-order valence-electron chi connectivity index (χ3n) is 4.74. The minimum Gasteiger partial charge on any atom is -0.497 e. The van der Waals surface area contributed by atoms with Crippen LogP contribution in [-0.2, 0) is 9.59 Å². The van der Waals surface area contributed by atoms with E-state index in [0.717, 1.165) is 18.6 Å². The zero-order chi connectivity index (χ0) is 16.2. The quantitative estimate of drug-likeness (QED) is 0.751. The van der Waals surface area contributed by atoms with Gasteiger partial charge in [0.05, 0.1) is 19.6 Å². The number of amides is 2. The summed E-state index contributed by atoms with van der Waals surface area (Å²) in [5.41, 5.74) is 0.711. The number of ether oxygens (including phenoxy) is 1. The van der Waals surface area contributed by atoms with Gasteiger partial charge in [-0.15, -0.1) is 0 Å². The molecule has 1 saturated heterocycles. The summed E-state index contributed by atoms with van der Waals surface area (Å²) >= 11 is 0. The molecule has 1 saturated carbocycles. The first-order valence-electron chi connectivity index (χ1n) is 8.25. The molecule has 6 nitrogen and oxygen atoms in total. The van der Waals surface area contributed by atoms with Crippen LogP contribution in [0.3, 0.4) is 0 Å². The maximum Gasteiger partial charge on any atom is 0.279 e. The number of anilines is 1. The summed E-state index contributed by atoms with van der Waals surface area (Å²) in [5, 5.41) is 8.02. The number of fused-ring (bicyclic) bond motifs is 1. The lowest BCUT2D eigenvalue weighted by Gasteiger charge is -2.37. The van der Waals surface area contributed by atoms with Crippen LogP contribution in [0.25, 0.3) is 0 Å². The van der Waals surface area contributed by atoms with E-state index in [0.29, 0.717) is 11.7 Å². The smallest absolute Gasteiger partial charge is 0.279 e. The number of rotatable bonds is 4. The van der Waals surface area contributed by atoms with Crippen molar-refractivity contribution in [2.45, 2.75) is 50.2 Å². The Labute approximate surface area is 136 Å². The highest BCUT2D eigenvalue weighted by Gasteiger charge is 2.40. The van der Waals surface area contributed by atoms with Crippen LogP contribution in [0.2, 0.25) is 0 Å². The van der Waals surface area contributed by atoms with Crippen LogP contribution < -0.4 is 20.7 Å². The number of hydrogen-bond acceptors (Lipinski definition) is 3. The fourth-order valence-electron chi connectivity index (χ4n) is 3.49. The maximum atomic E-state index is 12.2. The highest BCUT2D eigenvalue weighted by molar-refractivity contribution is 5.95. The molecule has 0 unspecified atom stereocenters. The third kappa shape index (κ3) is 3.82. The van der Waals surface area contributed by atoms with Gasteiger partial charge in [-0.05, 0) is 37.1 Å². The highest BCUT2D eigenvalue weighted by Crippen LogP contribution is 2.19. The lowest BCUT2D eigenvalue weighted by Crippen LogP contribution is -3.03. The fraction of sp³-hybridized carbons (Fsp3) is 0.529. The second kappa shape index (κ2) is 7.00. The molecule has 4 N–H and O–H groups in total. The second-order valence-electron chi connectivity index (χ2n) is 6.34. The zero-order valence-electron chi connectivity index (χ0n) is 13.4. The number of hydrogen-bond donors (Lipinski definition) is 3. The van der Waals surface area contributed by atoms with E-state index < -0.39 is 0 Å². The van der Waals surface area contributed by atoms with Crippen LogP contribution in [0.1, 0.15) is 32.1 Å². The highest BCUT2D eigenvalue weighted by atomic mass is 16.5. The number of nitrogens with two attached hydrogens (primary N) is 1. The maximum absolute atomic E-state index is 12.2. The fourth-order valence-corrected chi connectivity index (χ4v) is 3.49. The molecule has 0 bridgehead atoms. The summed E-state index contributed by atoms with van der Waals surface area (Å²) in [6, 6.07) is 7.53. The van der Waals surface area contributed by atoms with Crippen molar-refractivity contribution in [2.75, 3.05) is 12.4 Å². The lowest BCUT2D eigenvalue weighted by molar-refractivity contribution is -0.718. The topological polar surface area (TPSA) is 84.0 Å². The van der Waals surface area contributed by atoms with Crippen molar-refractivity contribution >= 4 is 17.5 Å². The van der Waals surface area contributed by atoms with Gasteiger partial charge in [0.15, 0.2) is 6.04 Å². The number of nitrogens with one attached hydrogen (secondary N) is 2. The van der Waals surface area contributed by atoms with E-state index in [1.54, 1.807) is 31.4 Å². The van der Waals surface area contributed by atoms with Gasteiger partial charge in [-0.1, -0.05) is 6.42 Å². The standard InChI is InChI=1S/C17H23N3O3/c1-23-12-8-6-11(7-9-12)18-16(21)10-15-17(22)20-14-5-3-2-4-13(14)19-15/h6-9,13-15,19H,2-5,10H2,1H3,(H,18,21)(H,20,22)/p+1/t13-,14+,15+/m1/s1. The van der Waals surface area contributed by atoms with E-state index in [2.05, 4.69) is 16.0 Å². The molecule has 23 heavy (non-hydrogen) atoms. The Bertz CT molecular complexity index is 573. The van der Waals surface area contributed by atoms with Crippen LogP contribution in [0.15, 0.2) is 24.3 Å². The molecule has 3 atom stereocenters. The molecule has 2 fully saturated rings. The molecule has 0 aromatic heterocycles. The summed E-state index contributed by atoms with van der Waals surface area (Å²) in [7, 11) is 1.60. The Morgan fingerprint density at radius 1 is 1.30 bits per heavy atom. The number of quaternary nitrogens is 1. The first-order valence-corrected chi connectivity index (χ1v) is 8.25. The largest absolute Gasteiger partial charge is 0.497 e. The molecule has 0 radical (unpaired) electrons. The van der Waals surface area contributed by atoms with E-state index in [9.17, 15) is 9.59 Å². The van der Waals surface area contributed by atoms with Crippen molar-refractivity contribution < 1.29 is 19.6 Å². The van der Waals surface area contributed by atoms with Gasteiger partial charge in [-0.25, -0.2) is 0 Å². The van der Waals surface area contributed by atoms with Crippen LogP contribution in [0.4, 0.5) is 5.69 Å². The molecular formula is C17H24N3O3+. The van der Waals surface area contributed by atoms with E-state index >= 15 is 0 Å². The molecule has 1 aromatic rings. The van der Waals surface area contributed by atoms with E-state index in [1.165, 1.54) is 12.8 Å². The number of benzene rings is 1. The van der Waals surface area contributed by atoms with Crippen LogP contribution in [-0.4, -0.2) is 37.0 Å². The predicted octanol–water partition coefficient (Wildman–Crippen LogP) is 0.397. The average Bonchev–Trinajstić information content (AvgIpc) is 2.56. The van der Waals surface area contributed by atoms with Crippen LogP contribution in [0.5, 0.6) is 5.75 Å². The molecule has 1 aromatic carbocycles. The molecule has 6 heteroatoms. The monoisotopic (exact) mass is 318 g/mol. The van der Waals surface area contributed by atoms with Crippen molar-refractivity contribution in [1.29, 1.82) is 0 Å². The van der Waals surface area contributed by atoms with Gasteiger partial charge >= 0.3 is 0 Å². The Morgan fingerprint density at radius 2 is 2.04 bits per heavy atom. The molecule has 124 valence electrons.